The Morgan fingerprint density at radius 3 is 2.61 bits per heavy atom. The van der Waals surface area contributed by atoms with Crippen molar-refractivity contribution < 1.29 is 4.74 Å². The fourth-order valence-electron chi connectivity index (χ4n) is 3.08. The van der Waals surface area contributed by atoms with E-state index in [1.54, 1.807) is 7.11 Å². The van der Waals surface area contributed by atoms with Crippen molar-refractivity contribution in [2.75, 3.05) is 7.11 Å². The SMILES string of the molecule is COC1CCC(=C[C@H](N)c2ncc(-c3ccc(C)cc3)[nH]2)CC1. The highest BCUT2D eigenvalue weighted by Crippen LogP contribution is 2.27. The van der Waals surface area contributed by atoms with Crippen molar-refractivity contribution in [3.8, 4) is 11.3 Å². The molecule has 0 bridgehead atoms. The minimum absolute atomic E-state index is 0.178. The number of nitrogens with zero attached hydrogens (tertiary/aromatic N) is 1. The summed E-state index contributed by atoms with van der Waals surface area (Å²) in [6.07, 6.45) is 8.73. The molecule has 1 aliphatic carbocycles. The van der Waals surface area contributed by atoms with E-state index in [0.717, 1.165) is 42.8 Å². The minimum atomic E-state index is -0.178. The summed E-state index contributed by atoms with van der Waals surface area (Å²) in [6.45, 7) is 2.09. The number of ether oxygens (including phenoxy) is 1. The van der Waals surface area contributed by atoms with Crippen molar-refractivity contribution >= 4 is 0 Å². The Hall–Kier alpha value is -1.91. The number of hydrogen-bond donors (Lipinski definition) is 2. The first-order valence-corrected chi connectivity index (χ1v) is 8.25. The van der Waals surface area contributed by atoms with Gasteiger partial charge in [0.1, 0.15) is 5.82 Å². The van der Waals surface area contributed by atoms with Crippen LogP contribution in [-0.2, 0) is 4.74 Å². The molecule has 1 aromatic heterocycles. The molecule has 1 atom stereocenters. The first-order chi connectivity index (χ1) is 11.2. The number of H-pyrrole nitrogens is 1. The van der Waals surface area contributed by atoms with E-state index >= 15 is 0 Å². The Kier molecular flexibility index (Phi) is 4.94. The van der Waals surface area contributed by atoms with E-state index in [1.165, 1.54) is 11.1 Å². The van der Waals surface area contributed by atoms with Crippen LogP contribution in [0.5, 0.6) is 0 Å². The van der Waals surface area contributed by atoms with Crippen LogP contribution < -0.4 is 5.73 Å². The summed E-state index contributed by atoms with van der Waals surface area (Å²) in [5.74, 6) is 0.821. The van der Waals surface area contributed by atoms with Gasteiger partial charge in [0.05, 0.1) is 24.0 Å². The maximum atomic E-state index is 6.31. The molecule has 1 aromatic carbocycles. The van der Waals surface area contributed by atoms with Crippen LogP contribution in [0.15, 0.2) is 42.1 Å². The van der Waals surface area contributed by atoms with E-state index in [9.17, 15) is 0 Å². The zero-order valence-electron chi connectivity index (χ0n) is 13.9. The van der Waals surface area contributed by atoms with Crippen LogP contribution in [0.1, 0.15) is 43.1 Å². The Labute approximate surface area is 137 Å². The molecule has 1 aliphatic rings. The van der Waals surface area contributed by atoms with Gasteiger partial charge < -0.3 is 15.5 Å². The molecule has 2 aromatic rings. The van der Waals surface area contributed by atoms with Crippen LogP contribution >= 0.6 is 0 Å². The topological polar surface area (TPSA) is 63.9 Å². The summed E-state index contributed by atoms with van der Waals surface area (Å²) in [7, 11) is 1.79. The molecule has 0 amide bonds. The van der Waals surface area contributed by atoms with Gasteiger partial charge in [0, 0.05) is 7.11 Å². The quantitative estimate of drug-likeness (QED) is 0.842. The normalized spacial score (nSPS) is 19.6. The Morgan fingerprint density at radius 1 is 1.26 bits per heavy atom. The maximum absolute atomic E-state index is 6.31. The van der Waals surface area contributed by atoms with Crippen molar-refractivity contribution in [3.05, 3.63) is 53.5 Å². The molecule has 23 heavy (non-hydrogen) atoms. The van der Waals surface area contributed by atoms with Crippen LogP contribution in [0.4, 0.5) is 0 Å². The molecule has 4 heteroatoms. The lowest BCUT2D eigenvalue weighted by Crippen LogP contribution is -2.17. The molecular weight excluding hydrogens is 286 g/mol. The number of aromatic nitrogens is 2. The van der Waals surface area contributed by atoms with Gasteiger partial charge >= 0.3 is 0 Å². The van der Waals surface area contributed by atoms with E-state index in [4.69, 9.17) is 10.5 Å². The Bertz CT molecular complexity index is 662. The van der Waals surface area contributed by atoms with Gasteiger partial charge in [0.2, 0.25) is 0 Å². The third kappa shape index (κ3) is 3.89. The second kappa shape index (κ2) is 7.11. The van der Waals surface area contributed by atoms with Gasteiger partial charge in [-0.05, 0) is 38.2 Å². The molecule has 0 aliphatic heterocycles. The fraction of sp³-hybridized carbons (Fsp3) is 0.421. The molecule has 4 nitrogen and oxygen atoms in total. The van der Waals surface area contributed by atoms with Crippen molar-refractivity contribution in [3.63, 3.8) is 0 Å². The van der Waals surface area contributed by atoms with Gasteiger partial charge in [0.25, 0.3) is 0 Å². The van der Waals surface area contributed by atoms with E-state index in [2.05, 4.69) is 47.2 Å². The third-order valence-corrected chi connectivity index (χ3v) is 4.60. The standard InChI is InChI=1S/C19H25N3O/c1-13-3-7-15(8-4-13)18-12-21-19(22-18)17(20)11-14-5-9-16(23-2)10-6-14/h3-4,7-8,11-12,16-17H,5-6,9-10,20H2,1-2H3,(H,21,22)/t16?,17-/m0/s1. The van der Waals surface area contributed by atoms with Gasteiger partial charge in [-0.25, -0.2) is 4.98 Å². The van der Waals surface area contributed by atoms with Crippen molar-refractivity contribution in [2.45, 2.75) is 44.8 Å². The second-order valence-electron chi connectivity index (χ2n) is 6.33. The van der Waals surface area contributed by atoms with E-state index in [-0.39, 0.29) is 6.04 Å². The number of allylic oxidation sites excluding steroid dienone is 1. The lowest BCUT2D eigenvalue weighted by molar-refractivity contribution is 0.0801. The van der Waals surface area contributed by atoms with Gasteiger partial charge in [0.15, 0.2) is 0 Å². The van der Waals surface area contributed by atoms with Gasteiger partial charge in [-0.2, -0.15) is 0 Å². The number of nitrogens with one attached hydrogen (secondary N) is 1. The predicted molar refractivity (Wildman–Crippen MR) is 93.0 cm³/mol. The number of aromatic amines is 1. The number of nitrogens with two attached hydrogens (primary N) is 1. The molecule has 0 saturated heterocycles. The van der Waals surface area contributed by atoms with Gasteiger partial charge in [-0.15, -0.1) is 0 Å². The first kappa shape index (κ1) is 16.0. The van der Waals surface area contributed by atoms with Crippen molar-refractivity contribution in [1.29, 1.82) is 0 Å². The summed E-state index contributed by atoms with van der Waals surface area (Å²) in [5, 5.41) is 0. The van der Waals surface area contributed by atoms with E-state index in [0.29, 0.717) is 6.10 Å². The summed E-state index contributed by atoms with van der Waals surface area (Å²) < 4.78 is 5.41. The predicted octanol–water partition coefficient (Wildman–Crippen LogP) is 3.90. The number of benzene rings is 1. The number of rotatable bonds is 4. The molecule has 1 heterocycles. The summed E-state index contributed by atoms with van der Waals surface area (Å²) >= 11 is 0. The third-order valence-electron chi connectivity index (χ3n) is 4.60. The number of imidazole rings is 1. The molecule has 0 unspecified atom stereocenters. The Balaban J connectivity index is 1.69. The molecule has 0 spiro atoms. The van der Waals surface area contributed by atoms with Crippen LogP contribution in [0.2, 0.25) is 0 Å². The fourth-order valence-corrected chi connectivity index (χ4v) is 3.08. The molecular formula is C19H25N3O. The summed E-state index contributed by atoms with van der Waals surface area (Å²) in [5.41, 5.74) is 11.1. The smallest absolute Gasteiger partial charge is 0.127 e. The second-order valence-corrected chi connectivity index (χ2v) is 6.33. The number of methoxy groups -OCH3 is 1. The van der Waals surface area contributed by atoms with Crippen LogP contribution in [0.3, 0.4) is 0 Å². The lowest BCUT2D eigenvalue weighted by Gasteiger charge is -2.23. The van der Waals surface area contributed by atoms with Gasteiger partial charge in [-0.3, -0.25) is 0 Å². The zero-order chi connectivity index (χ0) is 16.2. The average Bonchev–Trinajstić information content (AvgIpc) is 3.06. The zero-order valence-corrected chi connectivity index (χ0v) is 13.9. The van der Waals surface area contributed by atoms with E-state index < -0.39 is 0 Å². The molecule has 1 fully saturated rings. The number of aryl methyl sites for hydroxylation is 1. The molecule has 0 radical (unpaired) electrons. The van der Waals surface area contributed by atoms with Crippen LogP contribution in [0.25, 0.3) is 11.3 Å². The van der Waals surface area contributed by atoms with Crippen molar-refractivity contribution in [1.82, 2.24) is 9.97 Å². The highest BCUT2D eigenvalue weighted by atomic mass is 16.5. The largest absolute Gasteiger partial charge is 0.381 e. The molecule has 122 valence electrons. The molecule has 3 N–H and O–H groups in total. The average molecular weight is 311 g/mol. The summed E-state index contributed by atoms with van der Waals surface area (Å²) in [6, 6.07) is 8.23. The number of hydrogen-bond acceptors (Lipinski definition) is 3. The van der Waals surface area contributed by atoms with E-state index in [1.807, 2.05) is 6.20 Å². The van der Waals surface area contributed by atoms with Crippen LogP contribution in [0, 0.1) is 6.92 Å². The molecule has 1 saturated carbocycles. The highest BCUT2D eigenvalue weighted by Gasteiger charge is 2.17. The van der Waals surface area contributed by atoms with Gasteiger partial charge in [-0.1, -0.05) is 41.5 Å². The van der Waals surface area contributed by atoms with Crippen molar-refractivity contribution in [2.24, 2.45) is 5.73 Å². The summed E-state index contributed by atoms with van der Waals surface area (Å²) in [4.78, 5) is 7.81. The van der Waals surface area contributed by atoms with Crippen LogP contribution in [-0.4, -0.2) is 23.2 Å². The lowest BCUT2D eigenvalue weighted by atomic mass is 9.91. The first-order valence-electron chi connectivity index (χ1n) is 8.25. The minimum Gasteiger partial charge on any atom is -0.381 e. The Morgan fingerprint density at radius 2 is 1.96 bits per heavy atom. The maximum Gasteiger partial charge on any atom is 0.127 e. The highest BCUT2D eigenvalue weighted by molar-refractivity contribution is 5.58. The monoisotopic (exact) mass is 311 g/mol. The molecule has 3 rings (SSSR count).